The first kappa shape index (κ1) is 15.0. The Balaban J connectivity index is 1.60. The van der Waals surface area contributed by atoms with Crippen molar-refractivity contribution in [2.45, 2.75) is 0 Å². The topological polar surface area (TPSA) is 77.5 Å². The average Bonchev–Trinajstić information content (AvgIpc) is 3.30. The van der Waals surface area contributed by atoms with Crippen LogP contribution in [0.15, 0.2) is 69.7 Å². The molecule has 0 saturated carbocycles. The van der Waals surface area contributed by atoms with Gasteiger partial charge in [0.25, 0.3) is 5.91 Å². The zero-order valence-corrected chi connectivity index (χ0v) is 13.4. The summed E-state index contributed by atoms with van der Waals surface area (Å²) in [5.41, 5.74) is 2.56. The molecule has 1 amide bonds. The predicted octanol–water partition coefficient (Wildman–Crippen LogP) is 4.35. The van der Waals surface area contributed by atoms with E-state index in [1.54, 1.807) is 43.7 Å². The van der Waals surface area contributed by atoms with Crippen LogP contribution < -0.4 is 10.1 Å². The van der Waals surface area contributed by atoms with Gasteiger partial charge in [0.1, 0.15) is 17.0 Å². The van der Waals surface area contributed by atoms with E-state index in [2.05, 4.69) is 10.3 Å². The van der Waals surface area contributed by atoms with Crippen molar-refractivity contribution in [1.82, 2.24) is 4.98 Å². The molecule has 6 heteroatoms. The summed E-state index contributed by atoms with van der Waals surface area (Å²) in [4.78, 5) is 16.7. The van der Waals surface area contributed by atoms with E-state index in [-0.39, 0.29) is 11.9 Å². The fourth-order valence-corrected chi connectivity index (χ4v) is 2.51. The van der Waals surface area contributed by atoms with Crippen LogP contribution in [0.1, 0.15) is 10.4 Å². The molecule has 0 aliphatic rings. The lowest BCUT2D eigenvalue weighted by Gasteiger charge is -2.03. The largest absolute Gasteiger partial charge is 0.497 e. The lowest BCUT2D eigenvalue weighted by molar-refractivity contribution is 0.102. The highest BCUT2D eigenvalue weighted by Crippen LogP contribution is 2.26. The van der Waals surface area contributed by atoms with Crippen molar-refractivity contribution in [2.75, 3.05) is 12.4 Å². The van der Waals surface area contributed by atoms with Gasteiger partial charge in [0.2, 0.25) is 0 Å². The molecule has 0 radical (unpaired) electrons. The number of anilines is 1. The van der Waals surface area contributed by atoms with Gasteiger partial charge in [0, 0.05) is 11.1 Å². The quantitative estimate of drug-likeness (QED) is 0.600. The summed E-state index contributed by atoms with van der Waals surface area (Å²) in [5, 5.41) is 2.66. The maximum atomic E-state index is 12.3. The van der Waals surface area contributed by atoms with E-state index in [0.717, 1.165) is 11.3 Å². The molecule has 25 heavy (non-hydrogen) atoms. The Morgan fingerprint density at radius 1 is 1.12 bits per heavy atom. The standard InChI is InChI=1S/C19H14N2O4/c1-23-14-5-2-4-13(10-14)18(22)21-19-20-15-11-12(7-8-17(15)25-19)16-6-3-9-24-16/h2-11H,1H3,(H,20,21,22). The third kappa shape index (κ3) is 2.97. The summed E-state index contributed by atoms with van der Waals surface area (Å²) in [6.45, 7) is 0. The molecule has 2 aromatic carbocycles. The van der Waals surface area contributed by atoms with Crippen LogP contribution in [-0.4, -0.2) is 18.0 Å². The maximum Gasteiger partial charge on any atom is 0.302 e. The third-order valence-electron chi connectivity index (χ3n) is 3.75. The minimum absolute atomic E-state index is 0.138. The molecule has 6 nitrogen and oxygen atoms in total. The Morgan fingerprint density at radius 3 is 2.84 bits per heavy atom. The molecule has 0 fully saturated rings. The summed E-state index contributed by atoms with van der Waals surface area (Å²) in [5.74, 6) is 1.02. The van der Waals surface area contributed by atoms with Crippen molar-refractivity contribution in [3.05, 3.63) is 66.4 Å². The third-order valence-corrected chi connectivity index (χ3v) is 3.75. The normalized spacial score (nSPS) is 10.8. The molecule has 0 bridgehead atoms. The van der Waals surface area contributed by atoms with Crippen LogP contribution in [0.2, 0.25) is 0 Å². The fourth-order valence-electron chi connectivity index (χ4n) is 2.51. The Labute approximate surface area is 143 Å². The van der Waals surface area contributed by atoms with Gasteiger partial charge in [-0.15, -0.1) is 0 Å². The Morgan fingerprint density at radius 2 is 2.04 bits per heavy atom. The lowest BCUT2D eigenvalue weighted by Crippen LogP contribution is -2.12. The molecule has 0 unspecified atom stereocenters. The second-order valence-electron chi connectivity index (χ2n) is 5.36. The van der Waals surface area contributed by atoms with Gasteiger partial charge in [0.05, 0.1) is 13.4 Å². The number of carbonyl (C=O) groups excluding carboxylic acids is 1. The van der Waals surface area contributed by atoms with Gasteiger partial charge < -0.3 is 13.6 Å². The molecule has 0 aliphatic carbocycles. The first-order chi connectivity index (χ1) is 12.2. The number of nitrogens with one attached hydrogen (secondary N) is 1. The molecule has 4 rings (SSSR count). The van der Waals surface area contributed by atoms with Gasteiger partial charge in [-0.1, -0.05) is 6.07 Å². The monoisotopic (exact) mass is 334 g/mol. The summed E-state index contributed by atoms with van der Waals surface area (Å²) >= 11 is 0. The number of hydrogen-bond acceptors (Lipinski definition) is 5. The van der Waals surface area contributed by atoms with Crippen LogP contribution in [0.4, 0.5) is 6.01 Å². The summed E-state index contributed by atoms with van der Waals surface area (Å²) in [6, 6.07) is 16.2. The zero-order valence-electron chi connectivity index (χ0n) is 13.4. The number of benzene rings is 2. The summed E-state index contributed by atoms with van der Waals surface area (Å²) < 4.78 is 16.1. The molecule has 1 N–H and O–H groups in total. The van der Waals surface area contributed by atoms with Crippen molar-refractivity contribution in [3.8, 4) is 17.1 Å². The minimum Gasteiger partial charge on any atom is -0.497 e. The second-order valence-corrected chi connectivity index (χ2v) is 5.36. The second kappa shape index (κ2) is 6.16. The van der Waals surface area contributed by atoms with Crippen LogP contribution in [0, 0.1) is 0 Å². The highest BCUT2D eigenvalue weighted by molar-refractivity contribution is 6.03. The molecule has 0 saturated heterocycles. The van der Waals surface area contributed by atoms with Crippen LogP contribution in [0.25, 0.3) is 22.4 Å². The average molecular weight is 334 g/mol. The maximum absolute atomic E-state index is 12.3. The van der Waals surface area contributed by atoms with Crippen LogP contribution in [0.3, 0.4) is 0 Å². The summed E-state index contributed by atoms with van der Waals surface area (Å²) in [6.07, 6.45) is 1.61. The molecule has 124 valence electrons. The zero-order chi connectivity index (χ0) is 17.2. The van der Waals surface area contributed by atoms with E-state index < -0.39 is 0 Å². The minimum atomic E-state index is -0.322. The van der Waals surface area contributed by atoms with E-state index in [1.165, 1.54) is 0 Å². The Kier molecular flexibility index (Phi) is 3.70. The van der Waals surface area contributed by atoms with Gasteiger partial charge in [-0.2, -0.15) is 4.98 Å². The van der Waals surface area contributed by atoms with Gasteiger partial charge in [0.15, 0.2) is 5.58 Å². The Bertz CT molecular complexity index is 1030. The number of hydrogen-bond donors (Lipinski definition) is 1. The van der Waals surface area contributed by atoms with Gasteiger partial charge in [-0.05, 0) is 48.5 Å². The van der Waals surface area contributed by atoms with E-state index in [4.69, 9.17) is 13.6 Å². The molecule has 0 spiro atoms. The van der Waals surface area contributed by atoms with Crippen molar-refractivity contribution < 1.29 is 18.4 Å². The van der Waals surface area contributed by atoms with Crippen LogP contribution in [-0.2, 0) is 0 Å². The molecular weight excluding hydrogens is 320 g/mol. The molecule has 2 aromatic heterocycles. The molecular formula is C19H14N2O4. The first-order valence-corrected chi connectivity index (χ1v) is 7.63. The number of amides is 1. The van der Waals surface area contributed by atoms with Gasteiger partial charge in [-0.25, -0.2) is 0 Å². The summed E-state index contributed by atoms with van der Waals surface area (Å²) in [7, 11) is 1.55. The molecule has 4 aromatic rings. The first-order valence-electron chi connectivity index (χ1n) is 7.63. The highest BCUT2D eigenvalue weighted by atomic mass is 16.5. The molecule has 0 atom stereocenters. The lowest BCUT2D eigenvalue weighted by atomic mass is 10.1. The van der Waals surface area contributed by atoms with Crippen molar-refractivity contribution in [2.24, 2.45) is 0 Å². The van der Waals surface area contributed by atoms with Gasteiger partial charge >= 0.3 is 6.01 Å². The van der Waals surface area contributed by atoms with E-state index in [0.29, 0.717) is 22.4 Å². The number of aromatic nitrogens is 1. The van der Waals surface area contributed by atoms with Crippen molar-refractivity contribution >= 4 is 23.0 Å². The predicted molar refractivity (Wildman–Crippen MR) is 92.7 cm³/mol. The fraction of sp³-hybridized carbons (Fsp3) is 0.0526. The number of ether oxygens (including phenoxy) is 1. The van der Waals surface area contributed by atoms with Gasteiger partial charge in [-0.3, -0.25) is 10.1 Å². The highest BCUT2D eigenvalue weighted by Gasteiger charge is 2.13. The number of nitrogens with zero attached hydrogens (tertiary/aromatic N) is 1. The van der Waals surface area contributed by atoms with E-state index in [9.17, 15) is 4.79 Å². The number of fused-ring (bicyclic) bond motifs is 1. The van der Waals surface area contributed by atoms with E-state index in [1.807, 2.05) is 24.3 Å². The van der Waals surface area contributed by atoms with Crippen molar-refractivity contribution in [3.63, 3.8) is 0 Å². The van der Waals surface area contributed by atoms with E-state index >= 15 is 0 Å². The van der Waals surface area contributed by atoms with Crippen molar-refractivity contribution in [1.29, 1.82) is 0 Å². The number of furan rings is 1. The number of methoxy groups -OCH3 is 1. The Hall–Kier alpha value is -3.54. The number of carbonyl (C=O) groups is 1. The SMILES string of the molecule is COc1cccc(C(=O)Nc2nc3cc(-c4ccco4)ccc3o2)c1. The van der Waals surface area contributed by atoms with Crippen LogP contribution >= 0.6 is 0 Å². The smallest absolute Gasteiger partial charge is 0.302 e. The molecule has 0 aliphatic heterocycles. The van der Waals surface area contributed by atoms with Crippen LogP contribution in [0.5, 0.6) is 5.75 Å². The number of rotatable bonds is 4. The molecule has 2 heterocycles. The number of oxazole rings is 1.